The molecule has 1 fully saturated rings. The number of unbranched alkanes of at least 4 members (excludes halogenated alkanes) is 2. The van der Waals surface area contributed by atoms with Crippen molar-refractivity contribution in [1.82, 2.24) is 4.90 Å². The average molecular weight is 239 g/mol. The van der Waals surface area contributed by atoms with E-state index in [1.807, 2.05) is 0 Å². The van der Waals surface area contributed by atoms with Crippen molar-refractivity contribution in [2.24, 2.45) is 0 Å². The third kappa shape index (κ3) is 8.65. The Labute approximate surface area is 109 Å². The summed E-state index contributed by atoms with van der Waals surface area (Å²) in [7, 11) is 0. The standard InChI is InChI=1S/C16H33N/c1-2-3-11-14-17-15-12-9-7-5-4-6-8-10-13-16-17/h2-16H2,1H3. The summed E-state index contributed by atoms with van der Waals surface area (Å²) in [6.45, 7) is 6.39. The van der Waals surface area contributed by atoms with Crippen LogP contribution in [-0.4, -0.2) is 24.5 Å². The molecule has 0 amide bonds. The van der Waals surface area contributed by atoms with Gasteiger partial charge < -0.3 is 4.90 Å². The monoisotopic (exact) mass is 239 g/mol. The van der Waals surface area contributed by atoms with E-state index in [0.29, 0.717) is 0 Å². The van der Waals surface area contributed by atoms with Gasteiger partial charge in [-0.1, -0.05) is 64.7 Å². The molecule has 0 aromatic heterocycles. The Morgan fingerprint density at radius 3 is 1.59 bits per heavy atom. The number of rotatable bonds is 4. The first-order chi connectivity index (χ1) is 8.43. The Morgan fingerprint density at radius 1 is 0.647 bits per heavy atom. The number of hydrogen-bond acceptors (Lipinski definition) is 1. The minimum Gasteiger partial charge on any atom is -0.303 e. The first kappa shape index (κ1) is 15.0. The summed E-state index contributed by atoms with van der Waals surface area (Å²) in [5, 5.41) is 0. The molecule has 102 valence electrons. The lowest BCUT2D eigenvalue weighted by molar-refractivity contribution is 0.253. The fourth-order valence-corrected chi connectivity index (χ4v) is 2.83. The van der Waals surface area contributed by atoms with Crippen LogP contribution in [0.15, 0.2) is 0 Å². The lowest BCUT2D eigenvalue weighted by Crippen LogP contribution is -2.27. The molecule has 1 aliphatic heterocycles. The summed E-state index contributed by atoms with van der Waals surface area (Å²) < 4.78 is 0. The van der Waals surface area contributed by atoms with Crippen LogP contribution in [0.5, 0.6) is 0 Å². The maximum absolute atomic E-state index is 2.73. The average Bonchev–Trinajstić information content (AvgIpc) is 2.32. The molecular formula is C16H33N. The van der Waals surface area contributed by atoms with Crippen molar-refractivity contribution in [3.05, 3.63) is 0 Å². The Morgan fingerprint density at radius 2 is 1.12 bits per heavy atom. The molecule has 0 N–H and O–H groups in total. The van der Waals surface area contributed by atoms with Crippen molar-refractivity contribution in [3.8, 4) is 0 Å². The van der Waals surface area contributed by atoms with Crippen molar-refractivity contribution >= 4 is 0 Å². The Hall–Kier alpha value is -0.0400. The van der Waals surface area contributed by atoms with Crippen molar-refractivity contribution in [1.29, 1.82) is 0 Å². The highest BCUT2D eigenvalue weighted by atomic mass is 15.1. The van der Waals surface area contributed by atoms with Crippen LogP contribution < -0.4 is 0 Å². The van der Waals surface area contributed by atoms with Crippen molar-refractivity contribution in [2.45, 2.75) is 84.0 Å². The van der Waals surface area contributed by atoms with Crippen LogP contribution in [0.3, 0.4) is 0 Å². The molecule has 0 aliphatic carbocycles. The van der Waals surface area contributed by atoms with Gasteiger partial charge in [0.05, 0.1) is 0 Å². The molecule has 1 rings (SSSR count). The van der Waals surface area contributed by atoms with Crippen molar-refractivity contribution in [3.63, 3.8) is 0 Å². The molecule has 17 heavy (non-hydrogen) atoms. The van der Waals surface area contributed by atoms with Gasteiger partial charge in [0, 0.05) is 0 Å². The number of nitrogens with zero attached hydrogens (tertiary/aromatic N) is 1. The predicted octanol–water partition coefficient (Wildman–Crippen LogP) is 5.00. The van der Waals surface area contributed by atoms with E-state index in [-0.39, 0.29) is 0 Å². The zero-order valence-electron chi connectivity index (χ0n) is 12.1. The Balaban J connectivity index is 2.17. The molecule has 1 aliphatic rings. The zero-order chi connectivity index (χ0) is 12.2. The smallest absolute Gasteiger partial charge is 0.00187 e. The molecule has 0 atom stereocenters. The highest BCUT2D eigenvalue weighted by molar-refractivity contribution is 4.60. The van der Waals surface area contributed by atoms with E-state index in [1.54, 1.807) is 0 Å². The topological polar surface area (TPSA) is 3.24 Å². The number of hydrogen-bond donors (Lipinski definition) is 0. The summed E-state index contributed by atoms with van der Waals surface area (Å²) >= 11 is 0. The van der Waals surface area contributed by atoms with Crippen LogP contribution in [0.4, 0.5) is 0 Å². The van der Waals surface area contributed by atoms with Crippen LogP contribution in [0.25, 0.3) is 0 Å². The largest absolute Gasteiger partial charge is 0.303 e. The predicted molar refractivity (Wildman–Crippen MR) is 77.5 cm³/mol. The SMILES string of the molecule is CCCCCN1CCCCCCCCCCC1. The molecule has 0 saturated carbocycles. The van der Waals surface area contributed by atoms with Crippen LogP contribution in [0.1, 0.15) is 84.0 Å². The molecule has 0 aromatic rings. The Kier molecular flexibility index (Phi) is 9.78. The molecule has 0 bridgehead atoms. The van der Waals surface area contributed by atoms with Gasteiger partial charge >= 0.3 is 0 Å². The van der Waals surface area contributed by atoms with E-state index in [0.717, 1.165) is 0 Å². The van der Waals surface area contributed by atoms with Crippen molar-refractivity contribution < 1.29 is 0 Å². The second-order valence-corrected chi connectivity index (χ2v) is 5.73. The van der Waals surface area contributed by atoms with E-state index in [2.05, 4.69) is 11.8 Å². The molecule has 0 aromatic carbocycles. The minimum atomic E-state index is 1.36. The molecule has 0 unspecified atom stereocenters. The van der Waals surface area contributed by atoms with Gasteiger partial charge in [0.25, 0.3) is 0 Å². The van der Waals surface area contributed by atoms with Gasteiger partial charge in [0.15, 0.2) is 0 Å². The summed E-state index contributed by atoms with van der Waals surface area (Å²) in [5.41, 5.74) is 0. The molecule has 1 saturated heterocycles. The van der Waals surface area contributed by atoms with Gasteiger partial charge in [-0.25, -0.2) is 0 Å². The lowest BCUT2D eigenvalue weighted by atomic mass is 10.1. The van der Waals surface area contributed by atoms with Crippen LogP contribution in [0.2, 0.25) is 0 Å². The van der Waals surface area contributed by atoms with Gasteiger partial charge in [-0.2, -0.15) is 0 Å². The molecule has 1 nitrogen and oxygen atoms in total. The van der Waals surface area contributed by atoms with Crippen molar-refractivity contribution in [2.75, 3.05) is 19.6 Å². The van der Waals surface area contributed by atoms with E-state index < -0.39 is 0 Å². The minimum absolute atomic E-state index is 1.36. The molecular weight excluding hydrogens is 206 g/mol. The first-order valence-corrected chi connectivity index (χ1v) is 8.16. The van der Waals surface area contributed by atoms with E-state index in [4.69, 9.17) is 0 Å². The second-order valence-electron chi connectivity index (χ2n) is 5.73. The maximum atomic E-state index is 2.73. The van der Waals surface area contributed by atoms with E-state index in [1.165, 1.54) is 96.7 Å². The summed E-state index contributed by atoms with van der Waals surface area (Å²) in [6.07, 6.45) is 17.4. The highest BCUT2D eigenvalue weighted by Crippen LogP contribution is 2.13. The first-order valence-electron chi connectivity index (χ1n) is 8.16. The molecule has 1 heterocycles. The van der Waals surface area contributed by atoms with Crippen LogP contribution >= 0.6 is 0 Å². The summed E-state index contributed by atoms with van der Waals surface area (Å²) in [4.78, 5) is 2.73. The Bertz CT molecular complexity index is 144. The van der Waals surface area contributed by atoms with Gasteiger partial charge in [-0.3, -0.25) is 0 Å². The third-order valence-electron chi connectivity index (χ3n) is 4.03. The molecule has 1 heteroatoms. The summed E-state index contributed by atoms with van der Waals surface area (Å²) in [5.74, 6) is 0. The highest BCUT2D eigenvalue weighted by Gasteiger charge is 2.05. The van der Waals surface area contributed by atoms with E-state index in [9.17, 15) is 0 Å². The normalized spacial score (nSPS) is 21.7. The van der Waals surface area contributed by atoms with Gasteiger partial charge in [0.1, 0.15) is 0 Å². The van der Waals surface area contributed by atoms with Crippen LogP contribution in [-0.2, 0) is 0 Å². The van der Waals surface area contributed by atoms with Crippen LogP contribution in [0, 0.1) is 0 Å². The fraction of sp³-hybridized carbons (Fsp3) is 1.00. The van der Waals surface area contributed by atoms with E-state index >= 15 is 0 Å². The quantitative estimate of drug-likeness (QED) is 0.624. The second kappa shape index (κ2) is 11.1. The summed E-state index contributed by atoms with van der Waals surface area (Å²) in [6, 6.07) is 0. The zero-order valence-corrected chi connectivity index (χ0v) is 12.1. The third-order valence-corrected chi connectivity index (χ3v) is 4.03. The van der Waals surface area contributed by atoms with Gasteiger partial charge in [0.2, 0.25) is 0 Å². The van der Waals surface area contributed by atoms with Gasteiger partial charge in [-0.15, -0.1) is 0 Å². The van der Waals surface area contributed by atoms with Gasteiger partial charge in [-0.05, 0) is 38.9 Å². The maximum Gasteiger partial charge on any atom is -0.00187 e. The molecule has 0 spiro atoms. The molecule has 0 radical (unpaired) electrons. The lowest BCUT2D eigenvalue weighted by Gasteiger charge is -2.22. The fourth-order valence-electron chi connectivity index (χ4n) is 2.83.